The Hall–Kier alpha value is -1.76. The number of thioether (sulfide) groups is 1. The first-order valence-corrected chi connectivity index (χ1v) is 9.50. The number of hydrogen-bond donors (Lipinski definition) is 1. The fraction of sp³-hybridized carbons (Fsp3) is 0.588. The van der Waals surface area contributed by atoms with Gasteiger partial charge in [-0.15, -0.1) is 11.8 Å². The van der Waals surface area contributed by atoms with Crippen LogP contribution in [0.25, 0.3) is 0 Å². The zero-order valence-electron chi connectivity index (χ0n) is 14.2. The number of anilines is 1. The van der Waals surface area contributed by atoms with Crippen molar-refractivity contribution in [2.75, 3.05) is 30.6 Å². The third kappa shape index (κ3) is 3.50. The lowest BCUT2D eigenvalue weighted by Crippen LogP contribution is -2.49. The van der Waals surface area contributed by atoms with Crippen LogP contribution in [0.1, 0.15) is 24.8 Å². The van der Waals surface area contributed by atoms with E-state index in [4.69, 9.17) is 0 Å². The minimum absolute atomic E-state index is 0.0683. The number of carbonyl (C=O) groups excluding carboxylic acids is 2. The average molecular weight is 348 g/mol. The van der Waals surface area contributed by atoms with Crippen LogP contribution >= 0.6 is 11.8 Å². The minimum Gasteiger partial charge on any atom is -0.362 e. The van der Waals surface area contributed by atoms with Gasteiger partial charge in [0.2, 0.25) is 11.8 Å². The SMILES string of the molecule is CN(C)c1ncccc1CNC(=O)C1CSCN1C(=O)C1CCC1. The van der Waals surface area contributed by atoms with E-state index >= 15 is 0 Å². The summed E-state index contributed by atoms with van der Waals surface area (Å²) in [5, 5.41) is 2.98. The van der Waals surface area contributed by atoms with E-state index in [1.165, 1.54) is 0 Å². The van der Waals surface area contributed by atoms with Crippen molar-refractivity contribution < 1.29 is 9.59 Å². The number of nitrogens with one attached hydrogen (secondary N) is 1. The quantitative estimate of drug-likeness (QED) is 0.873. The van der Waals surface area contributed by atoms with Crippen LogP contribution in [-0.2, 0) is 16.1 Å². The summed E-state index contributed by atoms with van der Waals surface area (Å²) in [4.78, 5) is 33.1. The highest BCUT2D eigenvalue weighted by Crippen LogP contribution is 2.32. The second-order valence-corrected chi connectivity index (χ2v) is 7.55. The monoisotopic (exact) mass is 348 g/mol. The van der Waals surface area contributed by atoms with Crippen molar-refractivity contribution in [3.63, 3.8) is 0 Å². The maximum absolute atomic E-state index is 12.6. The number of carbonyl (C=O) groups is 2. The molecule has 0 bridgehead atoms. The highest BCUT2D eigenvalue weighted by Gasteiger charge is 2.39. The van der Waals surface area contributed by atoms with Crippen molar-refractivity contribution in [1.82, 2.24) is 15.2 Å². The molecule has 130 valence electrons. The highest BCUT2D eigenvalue weighted by atomic mass is 32.2. The maximum atomic E-state index is 12.6. The van der Waals surface area contributed by atoms with E-state index < -0.39 is 0 Å². The van der Waals surface area contributed by atoms with Crippen molar-refractivity contribution in [1.29, 1.82) is 0 Å². The molecule has 2 aliphatic rings. The average Bonchev–Trinajstić information content (AvgIpc) is 3.00. The predicted molar refractivity (Wildman–Crippen MR) is 95.7 cm³/mol. The molecule has 7 heteroatoms. The van der Waals surface area contributed by atoms with Crippen LogP contribution in [0.4, 0.5) is 5.82 Å². The van der Waals surface area contributed by atoms with E-state index in [0.29, 0.717) is 18.2 Å². The van der Waals surface area contributed by atoms with Gasteiger partial charge < -0.3 is 15.1 Å². The molecule has 2 heterocycles. The molecule has 24 heavy (non-hydrogen) atoms. The molecule has 3 rings (SSSR count). The topological polar surface area (TPSA) is 65.5 Å². The molecular formula is C17H24N4O2S. The molecule has 1 aliphatic heterocycles. The first kappa shape index (κ1) is 17.1. The van der Waals surface area contributed by atoms with Gasteiger partial charge in [-0.2, -0.15) is 0 Å². The van der Waals surface area contributed by atoms with Crippen molar-refractivity contribution in [2.24, 2.45) is 5.92 Å². The van der Waals surface area contributed by atoms with E-state index in [2.05, 4.69) is 10.3 Å². The smallest absolute Gasteiger partial charge is 0.243 e. The lowest BCUT2D eigenvalue weighted by atomic mass is 9.84. The molecular weight excluding hydrogens is 324 g/mol. The summed E-state index contributed by atoms with van der Waals surface area (Å²) in [7, 11) is 3.86. The van der Waals surface area contributed by atoms with Gasteiger partial charge >= 0.3 is 0 Å². The molecule has 2 amide bonds. The van der Waals surface area contributed by atoms with Gasteiger partial charge in [0.1, 0.15) is 11.9 Å². The number of pyridine rings is 1. The van der Waals surface area contributed by atoms with Crippen molar-refractivity contribution in [3.8, 4) is 0 Å². The Labute approximate surface area is 147 Å². The van der Waals surface area contributed by atoms with E-state index in [1.807, 2.05) is 31.1 Å². The molecule has 0 aromatic carbocycles. The van der Waals surface area contributed by atoms with Gasteiger partial charge in [0.05, 0.1) is 5.88 Å². The fourth-order valence-corrected chi connectivity index (χ4v) is 4.20. The summed E-state index contributed by atoms with van der Waals surface area (Å²) in [6, 6.07) is 3.48. The molecule has 1 aromatic rings. The lowest BCUT2D eigenvalue weighted by molar-refractivity contribution is -0.143. The Morgan fingerprint density at radius 3 is 2.88 bits per heavy atom. The molecule has 1 aromatic heterocycles. The van der Waals surface area contributed by atoms with Crippen LogP contribution in [0.5, 0.6) is 0 Å². The summed E-state index contributed by atoms with van der Waals surface area (Å²) in [5.41, 5.74) is 0.971. The zero-order valence-corrected chi connectivity index (χ0v) is 15.0. The van der Waals surface area contributed by atoms with Crippen LogP contribution in [0.2, 0.25) is 0 Å². The zero-order chi connectivity index (χ0) is 17.1. The van der Waals surface area contributed by atoms with E-state index in [-0.39, 0.29) is 23.8 Å². The van der Waals surface area contributed by atoms with Crippen molar-refractivity contribution >= 4 is 29.4 Å². The predicted octanol–water partition coefficient (Wildman–Crippen LogP) is 1.47. The third-order valence-electron chi connectivity index (χ3n) is 4.67. The Balaban J connectivity index is 1.61. The summed E-state index contributed by atoms with van der Waals surface area (Å²) in [6.07, 6.45) is 4.81. The lowest BCUT2D eigenvalue weighted by Gasteiger charge is -2.31. The molecule has 0 spiro atoms. The number of rotatable bonds is 5. The minimum atomic E-state index is -0.345. The Bertz CT molecular complexity index is 618. The molecule has 1 atom stereocenters. The second-order valence-electron chi connectivity index (χ2n) is 6.55. The van der Waals surface area contributed by atoms with E-state index in [0.717, 1.165) is 30.6 Å². The number of hydrogen-bond acceptors (Lipinski definition) is 5. The first-order valence-electron chi connectivity index (χ1n) is 8.35. The molecule has 0 radical (unpaired) electrons. The normalized spacial score (nSPS) is 20.6. The largest absolute Gasteiger partial charge is 0.362 e. The maximum Gasteiger partial charge on any atom is 0.243 e. The molecule has 1 unspecified atom stereocenters. The fourth-order valence-electron chi connectivity index (χ4n) is 3.04. The van der Waals surface area contributed by atoms with Crippen LogP contribution < -0.4 is 10.2 Å². The molecule has 1 N–H and O–H groups in total. The van der Waals surface area contributed by atoms with Crippen LogP contribution in [0.3, 0.4) is 0 Å². The third-order valence-corrected chi connectivity index (χ3v) is 5.68. The Morgan fingerprint density at radius 1 is 1.42 bits per heavy atom. The van der Waals surface area contributed by atoms with Gasteiger partial charge in [0, 0.05) is 44.1 Å². The Kier molecular flexibility index (Phi) is 5.28. The van der Waals surface area contributed by atoms with Gasteiger partial charge in [-0.25, -0.2) is 4.98 Å². The van der Waals surface area contributed by atoms with Crippen molar-refractivity contribution in [3.05, 3.63) is 23.9 Å². The number of amides is 2. The van der Waals surface area contributed by atoms with Crippen molar-refractivity contribution in [2.45, 2.75) is 31.8 Å². The highest BCUT2D eigenvalue weighted by molar-refractivity contribution is 7.99. The number of aromatic nitrogens is 1. The summed E-state index contributed by atoms with van der Waals surface area (Å²) in [5.74, 6) is 2.38. The summed E-state index contributed by atoms with van der Waals surface area (Å²) in [6.45, 7) is 0.423. The van der Waals surface area contributed by atoms with Gasteiger partial charge in [-0.3, -0.25) is 9.59 Å². The number of nitrogens with zero attached hydrogens (tertiary/aromatic N) is 3. The second kappa shape index (κ2) is 7.42. The first-order chi connectivity index (χ1) is 11.6. The van der Waals surface area contributed by atoms with E-state index in [9.17, 15) is 9.59 Å². The molecule has 1 aliphatic carbocycles. The standard InChI is InChI=1S/C17H24N4O2S/c1-20(2)15-13(7-4-8-18-15)9-19-16(22)14-10-24-11-21(14)17(23)12-5-3-6-12/h4,7-8,12,14H,3,5-6,9-11H2,1-2H3,(H,19,22). The van der Waals surface area contributed by atoms with Gasteiger partial charge in [0.25, 0.3) is 0 Å². The summed E-state index contributed by atoms with van der Waals surface area (Å²) < 4.78 is 0. The van der Waals surface area contributed by atoms with Crippen LogP contribution in [-0.4, -0.2) is 53.5 Å². The van der Waals surface area contributed by atoms with Gasteiger partial charge in [-0.05, 0) is 18.9 Å². The molecule has 1 saturated carbocycles. The molecule has 1 saturated heterocycles. The molecule has 2 fully saturated rings. The Morgan fingerprint density at radius 2 is 2.21 bits per heavy atom. The van der Waals surface area contributed by atoms with Crippen LogP contribution in [0.15, 0.2) is 18.3 Å². The van der Waals surface area contributed by atoms with Gasteiger partial charge in [0.15, 0.2) is 0 Å². The van der Waals surface area contributed by atoms with Gasteiger partial charge in [-0.1, -0.05) is 12.5 Å². The van der Waals surface area contributed by atoms with E-state index in [1.54, 1.807) is 22.9 Å². The molecule has 6 nitrogen and oxygen atoms in total. The summed E-state index contributed by atoms with van der Waals surface area (Å²) >= 11 is 1.65. The van der Waals surface area contributed by atoms with Crippen LogP contribution in [0, 0.1) is 5.92 Å².